The van der Waals surface area contributed by atoms with E-state index in [9.17, 15) is 0 Å². The quantitative estimate of drug-likeness (QED) is 0.173. The third kappa shape index (κ3) is 3.85. The summed E-state index contributed by atoms with van der Waals surface area (Å²) >= 11 is 1.93. The van der Waals surface area contributed by atoms with Gasteiger partial charge in [0.15, 0.2) is 0 Å². The van der Waals surface area contributed by atoms with E-state index in [2.05, 4.69) is 174 Å². The predicted octanol–water partition coefficient (Wildman–Crippen LogP) is 10.7. The van der Waals surface area contributed by atoms with Crippen LogP contribution in [0.25, 0.3) is 10.1 Å². The van der Waals surface area contributed by atoms with Crippen LogP contribution < -0.4 is 31.1 Å². The van der Waals surface area contributed by atoms with Crippen LogP contribution in [0, 0.1) is 0 Å². The number of hydrogen-bond donors (Lipinski definition) is 0. The van der Waals surface area contributed by atoms with Crippen molar-refractivity contribution in [2.75, 3.05) is 14.7 Å². The van der Waals surface area contributed by atoms with Crippen LogP contribution >= 0.6 is 11.3 Å². The third-order valence-corrected chi connectivity index (χ3v) is 14.0. The second-order valence-corrected chi connectivity index (χ2v) is 16.2. The summed E-state index contributed by atoms with van der Waals surface area (Å²) in [6.45, 7) is 5.22. The van der Waals surface area contributed by atoms with Gasteiger partial charge in [0.2, 0.25) is 0 Å². The first kappa shape index (κ1) is 29.5. The van der Waals surface area contributed by atoms with Gasteiger partial charge in [0.1, 0.15) is 0 Å². The third-order valence-electron chi connectivity index (χ3n) is 12.8. The molecular weight excluding hydrogens is 637 g/mol. The Balaban J connectivity index is 1.26. The topological polar surface area (TPSA) is 9.72 Å². The molecule has 4 heterocycles. The van der Waals surface area contributed by atoms with Crippen molar-refractivity contribution >= 4 is 89.3 Å². The summed E-state index contributed by atoms with van der Waals surface area (Å²) in [5.41, 5.74) is 14.6. The summed E-state index contributed by atoms with van der Waals surface area (Å²) in [4.78, 5) is 7.82. The first-order valence-corrected chi connectivity index (χ1v) is 19.3. The van der Waals surface area contributed by atoms with Gasteiger partial charge in [-0.2, -0.15) is 0 Å². The van der Waals surface area contributed by atoms with Gasteiger partial charge in [-0.3, -0.25) is 0 Å². The van der Waals surface area contributed by atoms with E-state index in [1.165, 1.54) is 103 Å². The van der Waals surface area contributed by atoms with Crippen LogP contribution in [0.15, 0.2) is 146 Å². The van der Waals surface area contributed by atoms with Gasteiger partial charge in [-0.15, -0.1) is 11.3 Å². The van der Waals surface area contributed by atoms with Gasteiger partial charge < -0.3 is 14.7 Å². The zero-order chi connectivity index (χ0) is 33.9. The molecule has 246 valence electrons. The Labute approximate surface area is 304 Å². The van der Waals surface area contributed by atoms with Crippen molar-refractivity contribution in [3.05, 3.63) is 151 Å². The van der Waals surface area contributed by atoms with Crippen LogP contribution in [0.1, 0.15) is 45.1 Å². The Hall–Kier alpha value is -5.26. The molecule has 51 heavy (non-hydrogen) atoms. The minimum Gasteiger partial charge on any atom is -0.334 e. The second kappa shape index (κ2) is 10.6. The predicted molar refractivity (Wildman–Crippen MR) is 219 cm³/mol. The molecule has 2 unspecified atom stereocenters. The van der Waals surface area contributed by atoms with E-state index < -0.39 is 0 Å². The number of benzene rings is 6. The summed E-state index contributed by atoms with van der Waals surface area (Å²) in [6.07, 6.45) is 4.90. The second-order valence-electron chi connectivity index (χ2n) is 15.2. The molecule has 1 fully saturated rings. The fourth-order valence-electron chi connectivity index (χ4n) is 10.3. The highest BCUT2D eigenvalue weighted by atomic mass is 32.1. The maximum absolute atomic E-state index is 2.72. The highest BCUT2D eigenvalue weighted by Gasteiger charge is 2.58. The monoisotopic (exact) mass is 675 g/mol. The van der Waals surface area contributed by atoms with E-state index in [0.29, 0.717) is 0 Å². The Kier molecular flexibility index (Phi) is 6.14. The zero-order valence-corrected chi connectivity index (χ0v) is 29.8. The molecule has 6 aromatic carbocycles. The van der Waals surface area contributed by atoms with Crippen molar-refractivity contribution in [3.63, 3.8) is 0 Å². The Morgan fingerprint density at radius 2 is 1.16 bits per heavy atom. The number of nitrogens with zero attached hydrogens (tertiary/aromatic N) is 3. The summed E-state index contributed by atoms with van der Waals surface area (Å²) < 4.78 is 1.34. The van der Waals surface area contributed by atoms with E-state index in [1.54, 1.807) is 0 Å². The molecule has 0 bridgehead atoms. The van der Waals surface area contributed by atoms with Crippen molar-refractivity contribution in [1.29, 1.82) is 0 Å². The molecule has 11 rings (SSSR count). The largest absolute Gasteiger partial charge is 0.334 e. The summed E-state index contributed by atoms with van der Waals surface area (Å²) in [6, 6.07) is 54.5. The fraction of sp³-hybridized carbons (Fsp3) is 0.174. The number of para-hydroxylation sites is 3. The van der Waals surface area contributed by atoms with Crippen molar-refractivity contribution < 1.29 is 0 Å². The molecule has 1 aromatic heterocycles. The molecular formula is C46H38BN3S. The highest BCUT2D eigenvalue weighted by Crippen LogP contribution is 2.62. The normalized spacial score (nSPS) is 21.2. The van der Waals surface area contributed by atoms with E-state index in [0.717, 1.165) is 0 Å². The van der Waals surface area contributed by atoms with Gasteiger partial charge in [0, 0.05) is 49.9 Å². The average molecular weight is 676 g/mol. The van der Waals surface area contributed by atoms with Crippen molar-refractivity contribution in [3.8, 4) is 0 Å². The maximum Gasteiger partial charge on any atom is 0.254 e. The Morgan fingerprint density at radius 3 is 1.88 bits per heavy atom. The minimum atomic E-state index is -0.0224. The molecule has 7 aromatic rings. The van der Waals surface area contributed by atoms with Crippen molar-refractivity contribution in [2.24, 2.45) is 0 Å². The number of hydrogen-bond acceptors (Lipinski definition) is 4. The van der Waals surface area contributed by atoms with Crippen LogP contribution in [0.5, 0.6) is 0 Å². The lowest BCUT2D eigenvalue weighted by Crippen LogP contribution is -2.61. The average Bonchev–Trinajstić information content (AvgIpc) is 3.65. The molecule has 3 nitrogen and oxygen atoms in total. The Bertz CT molecular complexity index is 2500. The van der Waals surface area contributed by atoms with Crippen molar-refractivity contribution in [1.82, 2.24) is 0 Å². The number of thiophene rings is 1. The van der Waals surface area contributed by atoms with Gasteiger partial charge in [0.05, 0.1) is 10.5 Å². The van der Waals surface area contributed by atoms with Gasteiger partial charge >= 0.3 is 0 Å². The number of fused-ring (bicyclic) bond motifs is 9. The molecule has 0 spiro atoms. The molecule has 5 heteroatoms. The van der Waals surface area contributed by atoms with E-state index in [-0.39, 0.29) is 17.7 Å². The van der Waals surface area contributed by atoms with Gasteiger partial charge in [-0.1, -0.05) is 105 Å². The molecule has 0 N–H and O–H groups in total. The fourth-order valence-corrected chi connectivity index (χ4v) is 11.6. The lowest BCUT2D eigenvalue weighted by molar-refractivity contribution is 0.195. The van der Waals surface area contributed by atoms with E-state index >= 15 is 0 Å². The Morgan fingerprint density at radius 1 is 0.549 bits per heavy atom. The lowest BCUT2D eigenvalue weighted by Gasteiger charge is -2.50. The summed E-state index contributed by atoms with van der Waals surface area (Å²) in [7, 11) is 0. The number of rotatable bonds is 3. The molecule has 1 saturated carbocycles. The zero-order valence-electron chi connectivity index (χ0n) is 29.0. The van der Waals surface area contributed by atoms with Gasteiger partial charge in [-0.05, 0) is 108 Å². The minimum absolute atomic E-state index is 0.0209. The lowest BCUT2D eigenvalue weighted by atomic mass is 9.33. The molecule has 1 aliphatic carbocycles. The van der Waals surface area contributed by atoms with Crippen molar-refractivity contribution in [2.45, 2.75) is 50.5 Å². The van der Waals surface area contributed by atoms with Crippen LogP contribution in [-0.2, 0) is 5.41 Å². The molecule has 0 radical (unpaired) electrons. The first-order valence-electron chi connectivity index (χ1n) is 18.5. The van der Waals surface area contributed by atoms with Crippen LogP contribution in [0.2, 0.25) is 0 Å². The van der Waals surface area contributed by atoms with E-state index in [1.807, 2.05) is 11.3 Å². The van der Waals surface area contributed by atoms with Gasteiger partial charge in [-0.25, -0.2) is 0 Å². The molecule has 2 atom stereocenters. The standard InChI is InChI=1S/C46H38BN3S/c1-45-27-14-15-28-46(45,2)50(33-21-10-5-11-22-33)39-30-40-36(29-35(39)45)47-42-34-23-12-13-26-41(34)51-44(42)49(32-19-8-4-9-20-32)38-25-16-24-37(43(38)47)48(40)31-17-6-3-7-18-31/h3-13,16-26,29-30H,14-15,27-28H2,1-2H3. The SMILES string of the molecule is CC12CCCCC1(C)N(c1ccccc1)c1cc3c(cc12)B1c2c(cccc2N(c2ccccc2)c2sc4ccccc4c21)N3c1ccccc1. The van der Waals surface area contributed by atoms with E-state index in [4.69, 9.17) is 0 Å². The number of anilines is 8. The molecule has 3 aliphatic heterocycles. The van der Waals surface area contributed by atoms with Crippen LogP contribution in [0.3, 0.4) is 0 Å². The maximum atomic E-state index is 2.72. The molecule has 0 saturated heterocycles. The smallest absolute Gasteiger partial charge is 0.254 e. The highest BCUT2D eigenvalue weighted by molar-refractivity contribution is 7.26. The summed E-state index contributed by atoms with van der Waals surface area (Å²) in [5.74, 6) is 0. The molecule has 0 amide bonds. The van der Waals surface area contributed by atoms with Crippen LogP contribution in [0.4, 0.5) is 44.8 Å². The summed E-state index contributed by atoms with van der Waals surface area (Å²) in [5, 5.41) is 2.69. The first-order chi connectivity index (χ1) is 25.1. The van der Waals surface area contributed by atoms with Crippen LogP contribution in [-0.4, -0.2) is 12.3 Å². The molecule has 4 aliphatic rings. The van der Waals surface area contributed by atoms with Gasteiger partial charge in [0.25, 0.3) is 6.71 Å².